The number of benzene rings is 1. The van der Waals surface area contributed by atoms with Crippen LogP contribution in [0.3, 0.4) is 0 Å². The van der Waals surface area contributed by atoms with Crippen molar-refractivity contribution in [3.63, 3.8) is 0 Å². The number of carbonyl (C=O) groups is 1. The smallest absolute Gasteiger partial charge is 0.323 e. The number of amides is 2. The molecule has 0 saturated carbocycles. The second kappa shape index (κ2) is 7.04. The van der Waals surface area contributed by atoms with E-state index in [4.69, 9.17) is 9.47 Å². The summed E-state index contributed by atoms with van der Waals surface area (Å²) in [4.78, 5) is 12.4. The van der Waals surface area contributed by atoms with Crippen LogP contribution in [-0.2, 0) is 0 Å². The lowest BCUT2D eigenvalue weighted by atomic mass is 10.2. The number of fused-ring (bicyclic) bond motifs is 1. The van der Waals surface area contributed by atoms with Crippen molar-refractivity contribution < 1.29 is 14.3 Å². The molecule has 7 heteroatoms. The Morgan fingerprint density at radius 1 is 1.16 bits per heavy atom. The average Bonchev–Trinajstić information content (AvgIpc) is 2.75. The lowest BCUT2D eigenvalue weighted by molar-refractivity contribution is 0.262. The van der Waals surface area contributed by atoms with Crippen LogP contribution in [0.2, 0.25) is 0 Å². The number of nitrogens with one attached hydrogen (secondary N) is 2. The summed E-state index contributed by atoms with van der Waals surface area (Å²) in [6.45, 7) is 9.19. The van der Waals surface area contributed by atoms with Gasteiger partial charge in [0.05, 0.1) is 30.3 Å². The fourth-order valence-electron chi connectivity index (χ4n) is 2.86. The SMILES string of the molecule is Cc1nn(C(C)C)c(C)c1NC(=O)Nc1ccc2c(c1)OCCCO2. The minimum Gasteiger partial charge on any atom is -0.490 e. The van der Waals surface area contributed by atoms with Crippen LogP contribution in [0.5, 0.6) is 11.5 Å². The van der Waals surface area contributed by atoms with Crippen LogP contribution < -0.4 is 20.1 Å². The number of rotatable bonds is 3. The predicted octanol–water partition coefficient (Wildman–Crippen LogP) is 3.89. The average molecular weight is 344 g/mol. The molecule has 0 fully saturated rings. The normalized spacial score (nSPS) is 13.5. The van der Waals surface area contributed by atoms with Crippen LogP contribution in [0.15, 0.2) is 18.2 Å². The summed E-state index contributed by atoms with van der Waals surface area (Å²) in [5, 5.41) is 10.2. The minimum atomic E-state index is -0.316. The number of urea groups is 1. The third-order valence-electron chi connectivity index (χ3n) is 4.06. The summed E-state index contributed by atoms with van der Waals surface area (Å²) in [7, 11) is 0. The van der Waals surface area contributed by atoms with Crippen LogP contribution in [0.25, 0.3) is 0 Å². The molecule has 7 nitrogen and oxygen atoms in total. The summed E-state index contributed by atoms with van der Waals surface area (Å²) in [6, 6.07) is 5.30. The molecule has 0 saturated heterocycles. The van der Waals surface area contributed by atoms with Crippen molar-refractivity contribution >= 4 is 17.4 Å². The van der Waals surface area contributed by atoms with E-state index in [0.29, 0.717) is 30.4 Å². The Labute approximate surface area is 147 Å². The van der Waals surface area contributed by atoms with Gasteiger partial charge in [0.1, 0.15) is 0 Å². The molecule has 2 heterocycles. The molecule has 1 aromatic carbocycles. The van der Waals surface area contributed by atoms with E-state index >= 15 is 0 Å². The zero-order valence-electron chi connectivity index (χ0n) is 15.0. The van der Waals surface area contributed by atoms with E-state index in [-0.39, 0.29) is 12.1 Å². The standard InChI is InChI=1S/C18H24N4O3/c1-11(2)22-13(4)17(12(3)21-22)20-18(23)19-14-6-7-15-16(10-14)25-9-5-8-24-15/h6-7,10-11H,5,8-9H2,1-4H3,(H2,19,20,23). The number of aryl methyl sites for hydroxylation is 1. The van der Waals surface area contributed by atoms with Crippen LogP contribution in [0, 0.1) is 13.8 Å². The van der Waals surface area contributed by atoms with E-state index in [2.05, 4.69) is 29.6 Å². The first-order chi connectivity index (χ1) is 12.0. The van der Waals surface area contributed by atoms with Crippen molar-refractivity contribution in [2.75, 3.05) is 23.8 Å². The Balaban J connectivity index is 1.72. The maximum atomic E-state index is 12.4. The number of carbonyl (C=O) groups excluding carboxylic acids is 1. The van der Waals surface area contributed by atoms with Gasteiger partial charge in [0.25, 0.3) is 0 Å². The second-order valence-electron chi connectivity index (χ2n) is 6.38. The monoisotopic (exact) mass is 344 g/mol. The molecule has 1 aliphatic rings. The largest absolute Gasteiger partial charge is 0.490 e. The third kappa shape index (κ3) is 3.70. The molecular weight excluding hydrogens is 320 g/mol. The van der Waals surface area contributed by atoms with Gasteiger partial charge in [-0.3, -0.25) is 4.68 Å². The maximum Gasteiger partial charge on any atom is 0.323 e. The maximum absolute atomic E-state index is 12.4. The first-order valence-electron chi connectivity index (χ1n) is 8.49. The number of anilines is 2. The van der Waals surface area contributed by atoms with Gasteiger partial charge >= 0.3 is 6.03 Å². The lowest BCUT2D eigenvalue weighted by Crippen LogP contribution is -2.20. The van der Waals surface area contributed by atoms with Crippen molar-refractivity contribution in [3.05, 3.63) is 29.6 Å². The van der Waals surface area contributed by atoms with Gasteiger partial charge in [-0.1, -0.05) is 0 Å². The Morgan fingerprint density at radius 2 is 1.88 bits per heavy atom. The number of ether oxygens (including phenoxy) is 2. The van der Waals surface area contributed by atoms with E-state index in [1.807, 2.05) is 24.6 Å². The topological polar surface area (TPSA) is 77.4 Å². The van der Waals surface area contributed by atoms with Crippen molar-refractivity contribution in [3.8, 4) is 11.5 Å². The molecule has 1 aromatic heterocycles. The van der Waals surface area contributed by atoms with Gasteiger partial charge in [0.2, 0.25) is 0 Å². The fourth-order valence-corrected chi connectivity index (χ4v) is 2.86. The van der Waals surface area contributed by atoms with Crippen molar-refractivity contribution in [1.82, 2.24) is 9.78 Å². The van der Waals surface area contributed by atoms with Crippen molar-refractivity contribution in [2.45, 2.75) is 40.2 Å². The van der Waals surface area contributed by atoms with Gasteiger partial charge in [-0.2, -0.15) is 5.10 Å². The third-order valence-corrected chi connectivity index (χ3v) is 4.06. The Kier molecular flexibility index (Phi) is 4.83. The fraction of sp³-hybridized carbons (Fsp3) is 0.444. The summed E-state index contributed by atoms with van der Waals surface area (Å²) in [5.74, 6) is 1.35. The highest BCUT2D eigenvalue weighted by Crippen LogP contribution is 2.32. The van der Waals surface area contributed by atoms with E-state index in [1.165, 1.54) is 0 Å². The van der Waals surface area contributed by atoms with Crippen LogP contribution in [0.4, 0.5) is 16.2 Å². The summed E-state index contributed by atoms with van der Waals surface area (Å²) < 4.78 is 13.1. The molecule has 0 bridgehead atoms. The van der Waals surface area contributed by atoms with Crippen LogP contribution in [0.1, 0.15) is 37.7 Å². The van der Waals surface area contributed by atoms with Gasteiger partial charge in [-0.05, 0) is 39.8 Å². The molecule has 0 spiro atoms. The zero-order chi connectivity index (χ0) is 18.0. The zero-order valence-corrected chi connectivity index (χ0v) is 15.0. The van der Waals surface area contributed by atoms with E-state index in [0.717, 1.165) is 23.5 Å². The highest BCUT2D eigenvalue weighted by molar-refractivity contribution is 6.00. The van der Waals surface area contributed by atoms with E-state index < -0.39 is 0 Å². The molecular formula is C18H24N4O3. The molecule has 2 amide bonds. The first kappa shape index (κ1) is 17.1. The molecule has 0 aliphatic carbocycles. The summed E-state index contributed by atoms with van der Waals surface area (Å²) in [6.07, 6.45) is 0.844. The second-order valence-corrected chi connectivity index (χ2v) is 6.38. The van der Waals surface area contributed by atoms with Gasteiger partial charge in [0, 0.05) is 24.2 Å². The lowest BCUT2D eigenvalue weighted by Gasteiger charge is -2.12. The van der Waals surface area contributed by atoms with Gasteiger partial charge in [-0.15, -0.1) is 0 Å². The molecule has 0 radical (unpaired) electrons. The Hall–Kier alpha value is -2.70. The first-order valence-corrected chi connectivity index (χ1v) is 8.49. The van der Waals surface area contributed by atoms with E-state index in [9.17, 15) is 4.79 Å². The summed E-state index contributed by atoms with van der Waals surface area (Å²) >= 11 is 0. The molecule has 2 aromatic rings. The quantitative estimate of drug-likeness (QED) is 0.885. The Morgan fingerprint density at radius 3 is 2.56 bits per heavy atom. The van der Waals surface area contributed by atoms with Gasteiger partial charge < -0.3 is 20.1 Å². The number of nitrogens with zero attached hydrogens (tertiary/aromatic N) is 2. The molecule has 0 atom stereocenters. The van der Waals surface area contributed by atoms with Crippen molar-refractivity contribution in [1.29, 1.82) is 0 Å². The predicted molar refractivity (Wildman–Crippen MR) is 96.8 cm³/mol. The Bertz CT molecular complexity index is 783. The molecule has 0 unspecified atom stereocenters. The molecule has 1 aliphatic heterocycles. The molecule has 2 N–H and O–H groups in total. The number of aromatic nitrogens is 2. The highest BCUT2D eigenvalue weighted by atomic mass is 16.5. The minimum absolute atomic E-state index is 0.235. The van der Waals surface area contributed by atoms with Crippen LogP contribution >= 0.6 is 0 Å². The molecule has 134 valence electrons. The molecule has 3 rings (SSSR count). The van der Waals surface area contributed by atoms with Gasteiger partial charge in [-0.25, -0.2) is 4.79 Å². The van der Waals surface area contributed by atoms with Gasteiger partial charge in [0.15, 0.2) is 11.5 Å². The van der Waals surface area contributed by atoms with E-state index in [1.54, 1.807) is 12.1 Å². The van der Waals surface area contributed by atoms with Crippen LogP contribution in [-0.4, -0.2) is 29.0 Å². The highest BCUT2D eigenvalue weighted by Gasteiger charge is 2.16. The number of hydrogen-bond acceptors (Lipinski definition) is 4. The summed E-state index contributed by atoms with van der Waals surface area (Å²) in [5.41, 5.74) is 3.11. The van der Waals surface area contributed by atoms with Crippen molar-refractivity contribution in [2.24, 2.45) is 0 Å². The number of hydrogen-bond donors (Lipinski definition) is 2. The molecule has 25 heavy (non-hydrogen) atoms.